The van der Waals surface area contributed by atoms with Crippen LogP contribution in [0.5, 0.6) is 0 Å². The number of fused-ring (bicyclic) bond motifs is 1. The van der Waals surface area contributed by atoms with Crippen molar-refractivity contribution in [2.45, 2.75) is 38.6 Å². The monoisotopic (exact) mass is 457 g/mol. The Kier molecular flexibility index (Phi) is 5.96. The number of rotatable bonds is 5. The minimum absolute atomic E-state index is 0.0800. The molecule has 4 rings (SSSR count). The number of hydrogen-bond donors (Lipinski definition) is 1. The number of anilines is 1. The molecule has 1 saturated heterocycles. The summed E-state index contributed by atoms with van der Waals surface area (Å²) in [5.74, 6) is -0.533. The molecule has 1 aliphatic heterocycles. The largest absolute Gasteiger partial charge is 0.420 e. The molecule has 0 radical (unpaired) electrons. The Bertz CT molecular complexity index is 1310. The Morgan fingerprint density at radius 3 is 2.53 bits per heavy atom. The number of carbonyl (C=O) groups excluding carboxylic acids is 1. The van der Waals surface area contributed by atoms with Crippen LogP contribution in [-0.2, 0) is 21.4 Å². The molecule has 1 aliphatic rings. The molecule has 2 atom stereocenters. The molecule has 0 bridgehead atoms. The maximum atomic E-state index is 13.2. The second-order valence-corrected chi connectivity index (χ2v) is 10.7. The summed E-state index contributed by atoms with van der Waals surface area (Å²) in [6.07, 6.45) is 0.993. The zero-order valence-electron chi connectivity index (χ0n) is 18.4. The van der Waals surface area contributed by atoms with Crippen LogP contribution in [0.25, 0.3) is 11.1 Å². The summed E-state index contributed by atoms with van der Waals surface area (Å²) < 4.78 is 34.3. The van der Waals surface area contributed by atoms with E-state index in [2.05, 4.69) is 5.32 Å². The Morgan fingerprint density at radius 1 is 1.12 bits per heavy atom. The van der Waals surface area contributed by atoms with E-state index in [1.807, 2.05) is 39.0 Å². The number of sulfonamides is 1. The highest BCUT2D eigenvalue weighted by Crippen LogP contribution is 2.28. The summed E-state index contributed by atoms with van der Waals surface area (Å²) in [5, 5.41) is 2.76. The second-order valence-electron chi connectivity index (χ2n) is 8.77. The lowest BCUT2D eigenvalue weighted by molar-refractivity contribution is -0.116. The molecule has 170 valence electrons. The van der Waals surface area contributed by atoms with Gasteiger partial charge < -0.3 is 9.73 Å². The van der Waals surface area contributed by atoms with Crippen molar-refractivity contribution in [2.24, 2.45) is 11.8 Å². The minimum Gasteiger partial charge on any atom is -0.408 e. The quantitative estimate of drug-likeness (QED) is 0.634. The summed E-state index contributed by atoms with van der Waals surface area (Å²) >= 11 is 0. The Labute approximate surface area is 186 Å². The lowest BCUT2D eigenvalue weighted by atomic mass is 9.94. The summed E-state index contributed by atoms with van der Waals surface area (Å²) in [4.78, 5) is 24.9. The molecular weight excluding hydrogens is 430 g/mol. The first-order valence-electron chi connectivity index (χ1n) is 10.6. The van der Waals surface area contributed by atoms with Crippen molar-refractivity contribution in [1.29, 1.82) is 0 Å². The van der Waals surface area contributed by atoms with Crippen LogP contribution in [0.1, 0.15) is 25.8 Å². The molecule has 0 spiro atoms. The number of aryl methyl sites for hydroxylation is 1. The van der Waals surface area contributed by atoms with Crippen LogP contribution in [0.4, 0.5) is 5.69 Å². The highest BCUT2D eigenvalue weighted by atomic mass is 32.2. The van der Waals surface area contributed by atoms with E-state index in [4.69, 9.17) is 4.42 Å². The zero-order chi connectivity index (χ0) is 23.0. The van der Waals surface area contributed by atoms with Gasteiger partial charge in [0.1, 0.15) is 6.54 Å². The molecule has 0 aliphatic carbocycles. The molecule has 1 fully saturated rings. The van der Waals surface area contributed by atoms with E-state index in [1.165, 1.54) is 27.1 Å². The molecule has 2 aromatic carbocycles. The maximum Gasteiger partial charge on any atom is 0.420 e. The molecule has 8 nitrogen and oxygen atoms in total. The number of benzene rings is 2. The van der Waals surface area contributed by atoms with Crippen LogP contribution < -0.4 is 11.1 Å². The third-order valence-electron chi connectivity index (χ3n) is 5.72. The van der Waals surface area contributed by atoms with Gasteiger partial charge in [-0.2, -0.15) is 4.31 Å². The van der Waals surface area contributed by atoms with Crippen LogP contribution in [-0.4, -0.2) is 36.3 Å². The molecule has 32 heavy (non-hydrogen) atoms. The Balaban J connectivity index is 1.59. The Hall–Kier alpha value is -2.91. The van der Waals surface area contributed by atoms with E-state index in [1.54, 1.807) is 6.07 Å². The highest BCUT2D eigenvalue weighted by Gasteiger charge is 2.32. The molecule has 3 aromatic rings. The van der Waals surface area contributed by atoms with Gasteiger partial charge in [-0.05, 0) is 55.0 Å². The first-order valence-corrected chi connectivity index (χ1v) is 12.1. The fourth-order valence-corrected chi connectivity index (χ4v) is 6.07. The van der Waals surface area contributed by atoms with E-state index < -0.39 is 15.8 Å². The van der Waals surface area contributed by atoms with Gasteiger partial charge in [0.2, 0.25) is 15.9 Å². The molecule has 0 unspecified atom stereocenters. The number of amides is 1. The average Bonchev–Trinajstić information content (AvgIpc) is 3.01. The van der Waals surface area contributed by atoms with Crippen molar-refractivity contribution < 1.29 is 17.6 Å². The number of piperidine rings is 1. The van der Waals surface area contributed by atoms with Gasteiger partial charge >= 0.3 is 5.76 Å². The van der Waals surface area contributed by atoms with E-state index >= 15 is 0 Å². The number of nitrogens with zero attached hydrogens (tertiary/aromatic N) is 2. The fourth-order valence-electron chi connectivity index (χ4n) is 4.37. The van der Waals surface area contributed by atoms with Gasteiger partial charge in [0.05, 0.1) is 10.4 Å². The summed E-state index contributed by atoms with van der Waals surface area (Å²) in [7, 11) is -3.71. The normalized spacial score (nSPS) is 19.8. The summed E-state index contributed by atoms with van der Waals surface area (Å²) in [6, 6.07) is 11.7. The zero-order valence-corrected chi connectivity index (χ0v) is 19.2. The number of oxazole rings is 1. The Morgan fingerprint density at radius 2 is 1.84 bits per heavy atom. The smallest absolute Gasteiger partial charge is 0.408 e. The third kappa shape index (κ3) is 4.49. The van der Waals surface area contributed by atoms with Gasteiger partial charge in [-0.3, -0.25) is 9.36 Å². The third-order valence-corrected chi connectivity index (χ3v) is 7.54. The van der Waals surface area contributed by atoms with Crippen LogP contribution in [0, 0.1) is 18.8 Å². The van der Waals surface area contributed by atoms with E-state index in [9.17, 15) is 18.0 Å². The van der Waals surface area contributed by atoms with Crippen molar-refractivity contribution in [3.8, 4) is 0 Å². The molecular formula is C23H27N3O5S. The van der Waals surface area contributed by atoms with E-state index in [-0.39, 0.29) is 34.8 Å². The van der Waals surface area contributed by atoms with Gasteiger partial charge in [0.25, 0.3) is 0 Å². The van der Waals surface area contributed by atoms with Crippen LogP contribution in [0.2, 0.25) is 0 Å². The maximum absolute atomic E-state index is 13.2. The highest BCUT2D eigenvalue weighted by molar-refractivity contribution is 7.89. The van der Waals surface area contributed by atoms with Gasteiger partial charge in [-0.1, -0.05) is 26.0 Å². The van der Waals surface area contributed by atoms with Crippen molar-refractivity contribution in [3.05, 3.63) is 58.6 Å². The first kappa shape index (κ1) is 22.3. The molecule has 1 aromatic heterocycles. The lowest BCUT2D eigenvalue weighted by Gasteiger charge is -2.34. The van der Waals surface area contributed by atoms with Crippen molar-refractivity contribution >= 4 is 32.7 Å². The van der Waals surface area contributed by atoms with Crippen LogP contribution in [0.15, 0.2) is 56.6 Å². The predicted octanol–water partition coefficient (Wildman–Crippen LogP) is 3.21. The van der Waals surface area contributed by atoms with Crippen molar-refractivity contribution in [1.82, 2.24) is 8.87 Å². The summed E-state index contributed by atoms with van der Waals surface area (Å²) in [6.45, 7) is 6.70. The SMILES string of the molecule is Cc1cccc(NC(=O)Cn2c(=O)oc3cc(S(=O)(=O)N4C[C@H](C)C[C@H](C)C4)ccc32)c1. The average molecular weight is 458 g/mol. The molecule has 1 amide bonds. The van der Waals surface area contributed by atoms with E-state index in [0.29, 0.717) is 24.3 Å². The first-order chi connectivity index (χ1) is 15.1. The topological polar surface area (TPSA) is 102 Å². The van der Waals surface area contributed by atoms with Gasteiger partial charge in [0, 0.05) is 24.8 Å². The number of carbonyl (C=O) groups is 1. The van der Waals surface area contributed by atoms with Crippen LogP contribution in [0.3, 0.4) is 0 Å². The van der Waals surface area contributed by atoms with Crippen molar-refractivity contribution in [2.75, 3.05) is 18.4 Å². The van der Waals surface area contributed by atoms with Gasteiger partial charge in [-0.15, -0.1) is 0 Å². The summed E-state index contributed by atoms with van der Waals surface area (Å²) in [5.41, 5.74) is 2.14. The number of hydrogen-bond acceptors (Lipinski definition) is 5. The molecule has 0 saturated carbocycles. The van der Waals surface area contributed by atoms with E-state index in [0.717, 1.165) is 12.0 Å². The second kappa shape index (κ2) is 8.55. The predicted molar refractivity (Wildman–Crippen MR) is 122 cm³/mol. The fraction of sp³-hybridized carbons (Fsp3) is 0.391. The van der Waals surface area contributed by atoms with Crippen LogP contribution >= 0.6 is 0 Å². The van der Waals surface area contributed by atoms with Gasteiger partial charge in [0.15, 0.2) is 5.58 Å². The lowest BCUT2D eigenvalue weighted by Crippen LogP contribution is -2.42. The minimum atomic E-state index is -3.71. The van der Waals surface area contributed by atoms with Gasteiger partial charge in [-0.25, -0.2) is 13.2 Å². The molecule has 9 heteroatoms. The standard InChI is InChI=1S/C23H27N3O5S/c1-15-5-4-6-18(10-15)24-22(27)14-26-20-8-7-19(11-21(20)31-23(26)28)32(29,30)25-12-16(2)9-17(3)13-25/h4-8,10-11,16-17H,9,12-14H2,1-3H3,(H,24,27)/t16-,17+. The number of aromatic nitrogens is 1. The molecule has 1 N–H and O–H groups in total. The molecule has 2 heterocycles. The number of nitrogens with one attached hydrogen (secondary N) is 1. The van der Waals surface area contributed by atoms with Crippen molar-refractivity contribution in [3.63, 3.8) is 0 Å².